The second-order valence-corrected chi connectivity index (χ2v) is 7.64. The number of thioether (sulfide) groups is 1. The molecule has 0 saturated carbocycles. The Morgan fingerprint density at radius 2 is 1.88 bits per heavy atom. The fourth-order valence-corrected chi connectivity index (χ4v) is 3.31. The highest BCUT2D eigenvalue weighted by Gasteiger charge is 2.19. The van der Waals surface area contributed by atoms with Crippen LogP contribution in [0.1, 0.15) is 23.9 Å². The molecule has 0 spiro atoms. The van der Waals surface area contributed by atoms with E-state index in [0.717, 1.165) is 21.8 Å². The van der Waals surface area contributed by atoms with Crippen molar-refractivity contribution >= 4 is 35.2 Å². The number of carbonyl (C=O) groups is 2. The number of benzene rings is 1. The first-order chi connectivity index (χ1) is 12.3. The Hall–Kier alpha value is -1.99. The van der Waals surface area contributed by atoms with Crippen LogP contribution in [0.3, 0.4) is 0 Å². The molecule has 1 heterocycles. The van der Waals surface area contributed by atoms with Gasteiger partial charge in [-0.05, 0) is 50.1 Å². The molecule has 2 aromatic rings. The van der Waals surface area contributed by atoms with Crippen LogP contribution in [-0.4, -0.2) is 27.3 Å². The number of carbonyl (C=O) groups excluding carboxylic acids is 2. The summed E-state index contributed by atoms with van der Waals surface area (Å²) in [6.45, 7) is 5.74. The first-order valence-corrected chi connectivity index (χ1v) is 9.60. The lowest BCUT2D eigenvalue weighted by Crippen LogP contribution is -2.45. The van der Waals surface area contributed by atoms with Crippen molar-refractivity contribution in [2.45, 2.75) is 32.1 Å². The molecule has 2 amide bonds. The molecule has 1 unspecified atom stereocenters. The molecule has 0 aliphatic rings. The Morgan fingerprint density at radius 3 is 2.46 bits per heavy atom. The molecule has 1 aromatic heterocycles. The molecular formula is C18H23ClN4O2S. The van der Waals surface area contributed by atoms with E-state index >= 15 is 0 Å². The smallest absolute Gasteiger partial charge is 0.248 e. The number of aromatic nitrogens is 2. The van der Waals surface area contributed by atoms with Crippen molar-refractivity contribution in [2.24, 2.45) is 13.0 Å². The molecule has 6 nitrogen and oxygen atoms in total. The number of halogens is 1. The minimum atomic E-state index is -0.277. The molecule has 2 rings (SSSR count). The van der Waals surface area contributed by atoms with E-state index in [0.29, 0.717) is 11.4 Å². The number of hydrazine groups is 1. The van der Waals surface area contributed by atoms with E-state index in [1.54, 1.807) is 12.1 Å². The van der Waals surface area contributed by atoms with Crippen LogP contribution in [0.4, 0.5) is 0 Å². The van der Waals surface area contributed by atoms with Gasteiger partial charge in [-0.3, -0.25) is 25.1 Å². The van der Waals surface area contributed by atoms with Crippen molar-refractivity contribution in [3.05, 3.63) is 46.2 Å². The van der Waals surface area contributed by atoms with Crippen LogP contribution >= 0.6 is 23.4 Å². The monoisotopic (exact) mass is 394 g/mol. The molecule has 26 heavy (non-hydrogen) atoms. The van der Waals surface area contributed by atoms with E-state index in [2.05, 4.69) is 16.0 Å². The zero-order chi connectivity index (χ0) is 19.3. The van der Waals surface area contributed by atoms with Gasteiger partial charge in [-0.15, -0.1) is 11.8 Å². The van der Waals surface area contributed by atoms with Crippen LogP contribution < -0.4 is 10.9 Å². The Labute approximate surface area is 162 Å². The van der Waals surface area contributed by atoms with Gasteiger partial charge in [0.1, 0.15) is 0 Å². The summed E-state index contributed by atoms with van der Waals surface area (Å²) >= 11 is 7.20. The van der Waals surface area contributed by atoms with Gasteiger partial charge >= 0.3 is 0 Å². The van der Waals surface area contributed by atoms with Crippen molar-refractivity contribution in [2.75, 3.05) is 5.75 Å². The van der Waals surface area contributed by atoms with E-state index in [1.807, 2.05) is 44.6 Å². The largest absolute Gasteiger partial charge is 0.273 e. The highest BCUT2D eigenvalue weighted by Crippen LogP contribution is 2.20. The number of hydrogen-bond donors (Lipinski definition) is 2. The lowest BCUT2D eigenvalue weighted by molar-refractivity contribution is -0.129. The van der Waals surface area contributed by atoms with Crippen molar-refractivity contribution < 1.29 is 9.59 Å². The quantitative estimate of drug-likeness (QED) is 0.583. The number of aryl methyl sites for hydroxylation is 2. The summed E-state index contributed by atoms with van der Waals surface area (Å²) in [4.78, 5) is 25.0. The Morgan fingerprint density at radius 1 is 1.23 bits per heavy atom. The Balaban J connectivity index is 1.78. The lowest BCUT2D eigenvalue weighted by atomic mass is 9.99. The van der Waals surface area contributed by atoms with Crippen molar-refractivity contribution in [3.63, 3.8) is 0 Å². The topological polar surface area (TPSA) is 76.0 Å². The number of nitrogens with zero attached hydrogens (tertiary/aromatic N) is 2. The van der Waals surface area contributed by atoms with E-state index in [-0.39, 0.29) is 23.5 Å². The first kappa shape index (κ1) is 20.3. The standard InChI is InChI=1S/C18H23ClN4O2S/c1-11(9-16-12(2)22-23(4)13(16)3)18(25)21-20-17(24)10-26-15-7-5-14(19)6-8-15/h5-8,11H,9-10H2,1-4H3,(H,20,24)(H,21,25). The average Bonchev–Trinajstić information content (AvgIpc) is 2.85. The summed E-state index contributed by atoms with van der Waals surface area (Å²) in [5.74, 6) is -0.561. The molecule has 140 valence electrons. The predicted molar refractivity (Wildman–Crippen MR) is 104 cm³/mol. The minimum Gasteiger partial charge on any atom is -0.273 e. The number of nitrogens with one attached hydrogen (secondary N) is 2. The van der Waals surface area contributed by atoms with E-state index < -0.39 is 0 Å². The van der Waals surface area contributed by atoms with E-state index in [1.165, 1.54) is 11.8 Å². The predicted octanol–water partition coefficient (Wildman–Crippen LogP) is 2.81. The van der Waals surface area contributed by atoms with Gasteiger partial charge in [0.2, 0.25) is 11.8 Å². The van der Waals surface area contributed by atoms with Crippen molar-refractivity contribution in [1.29, 1.82) is 0 Å². The third-order valence-corrected chi connectivity index (χ3v) is 5.39. The average molecular weight is 395 g/mol. The van der Waals surface area contributed by atoms with Crippen LogP contribution in [0.25, 0.3) is 0 Å². The van der Waals surface area contributed by atoms with Gasteiger partial charge in [0.05, 0.1) is 11.4 Å². The van der Waals surface area contributed by atoms with Gasteiger partial charge < -0.3 is 0 Å². The van der Waals surface area contributed by atoms with Gasteiger partial charge in [0.25, 0.3) is 0 Å². The number of hydrogen-bond acceptors (Lipinski definition) is 4. The molecule has 0 aliphatic carbocycles. The molecule has 0 radical (unpaired) electrons. The summed E-state index contributed by atoms with van der Waals surface area (Å²) in [6.07, 6.45) is 0.576. The lowest BCUT2D eigenvalue weighted by Gasteiger charge is -2.13. The van der Waals surface area contributed by atoms with Crippen LogP contribution in [0.5, 0.6) is 0 Å². The molecule has 2 N–H and O–H groups in total. The Bertz CT molecular complexity index is 789. The molecule has 0 bridgehead atoms. The third kappa shape index (κ3) is 5.51. The SMILES string of the molecule is Cc1nn(C)c(C)c1CC(C)C(=O)NNC(=O)CSc1ccc(Cl)cc1. The van der Waals surface area contributed by atoms with Gasteiger partial charge in [0.15, 0.2) is 0 Å². The fourth-order valence-electron chi connectivity index (χ4n) is 2.48. The Kier molecular flexibility index (Phi) is 7.11. The molecule has 0 aliphatic heterocycles. The molecule has 1 atom stereocenters. The summed E-state index contributed by atoms with van der Waals surface area (Å²) in [6, 6.07) is 7.24. The minimum absolute atomic E-state index is 0.205. The fraction of sp³-hybridized carbons (Fsp3) is 0.389. The second kappa shape index (κ2) is 9.09. The van der Waals surface area contributed by atoms with Crippen LogP contribution in [0.2, 0.25) is 5.02 Å². The maximum absolute atomic E-state index is 12.2. The molecule has 1 aromatic carbocycles. The van der Waals surface area contributed by atoms with Gasteiger partial charge in [0, 0.05) is 28.6 Å². The van der Waals surface area contributed by atoms with Crippen molar-refractivity contribution in [1.82, 2.24) is 20.6 Å². The van der Waals surface area contributed by atoms with Gasteiger partial charge in [-0.2, -0.15) is 5.10 Å². The van der Waals surface area contributed by atoms with Crippen LogP contribution in [0.15, 0.2) is 29.2 Å². The first-order valence-electron chi connectivity index (χ1n) is 8.24. The number of amides is 2. The third-order valence-electron chi connectivity index (χ3n) is 4.13. The molecule has 0 fully saturated rings. The normalized spacial score (nSPS) is 11.9. The number of rotatable bonds is 6. The summed E-state index contributed by atoms with van der Waals surface area (Å²) in [5.41, 5.74) is 7.99. The van der Waals surface area contributed by atoms with Gasteiger partial charge in [-0.25, -0.2) is 0 Å². The summed E-state index contributed by atoms with van der Waals surface area (Å²) in [7, 11) is 1.88. The maximum Gasteiger partial charge on any atom is 0.248 e. The van der Waals surface area contributed by atoms with E-state index in [4.69, 9.17) is 11.6 Å². The highest BCUT2D eigenvalue weighted by atomic mass is 35.5. The zero-order valence-electron chi connectivity index (χ0n) is 15.3. The van der Waals surface area contributed by atoms with Gasteiger partial charge in [-0.1, -0.05) is 18.5 Å². The molecule has 0 saturated heterocycles. The molecule has 8 heteroatoms. The molecular weight excluding hydrogens is 372 g/mol. The zero-order valence-corrected chi connectivity index (χ0v) is 16.9. The van der Waals surface area contributed by atoms with Crippen LogP contribution in [-0.2, 0) is 23.1 Å². The second-order valence-electron chi connectivity index (χ2n) is 6.16. The van der Waals surface area contributed by atoms with E-state index in [9.17, 15) is 9.59 Å². The highest BCUT2D eigenvalue weighted by molar-refractivity contribution is 8.00. The van der Waals surface area contributed by atoms with Crippen molar-refractivity contribution in [3.8, 4) is 0 Å². The summed E-state index contributed by atoms with van der Waals surface area (Å²) in [5, 5.41) is 5.01. The summed E-state index contributed by atoms with van der Waals surface area (Å²) < 4.78 is 1.81. The van der Waals surface area contributed by atoms with Crippen LogP contribution in [0, 0.1) is 19.8 Å². The maximum atomic E-state index is 12.2.